The minimum Gasteiger partial charge on any atom is -0.459 e. The van der Waals surface area contributed by atoms with Gasteiger partial charge in [-0.05, 0) is 23.7 Å². The van der Waals surface area contributed by atoms with Crippen LogP contribution in [0.3, 0.4) is 0 Å². The Morgan fingerprint density at radius 1 is 1.62 bits per heavy atom. The first kappa shape index (κ1) is 8.00. The number of furan rings is 1. The molecule has 0 unspecified atom stereocenters. The van der Waals surface area contributed by atoms with E-state index in [0.29, 0.717) is 11.4 Å². The van der Waals surface area contributed by atoms with E-state index in [1.807, 2.05) is 0 Å². The van der Waals surface area contributed by atoms with Gasteiger partial charge in [-0.1, -0.05) is 0 Å². The standard InChI is InChI=1S/C8H6N2O2S/c11-8(7-2-1-3-12-7)10-6-4-9-13-5-6/h1-5H,(H,10,11). The van der Waals surface area contributed by atoms with Crippen LogP contribution in [-0.2, 0) is 0 Å². The van der Waals surface area contributed by atoms with Crippen LogP contribution in [0.1, 0.15) is 10.6 Å². The van der Waals surface area contributed by atoms with Crippen molar-refractivity contribution in [2.24, 2.45) is 0 Å². The molecule has 2 aromatic heterocycles. The molecule has 2 rings (SSSR count). The molecule has 0 aliphatic rings. The predicted octanol–water partition coefficient (Wildman–Crippen LogP) is 1.99. The minimum atomic E-state index is -0.259. The molecule has 0 aliphatic carbocycles. The van der Waals surface area contributed by atoms with Crippen molar-refractivity contribution >= 4 is 23.1 Å². The SMILES string of the molecule is O=C(Nc1cnsc1)c1ccco1. The van der Waals surface area contributed by atoms with Crippen molar-refractivity contribution in [1.82, 2.24) is 4.37 Å². The molecule has 0 radical (unpaired) electrons. The van der Waals surface area contributed by atoms with Crippen molar-refractivity contribution in [2.75, 3.05) is 5.32 Å². The maximum Gasteiger partial charge on any atom is 0.291 e. The van der Waals surface area contributed by atoms with Crippen molar-refractivity contribution in [2.45, 2.75) is 0 Å². The van der Waals surface area contributed by atoms with E-state index in [9.17, 15) is 4.79 Å². The molecule has 13 heavy (non-hydrogen) atoms. The fraction of sp³-hybridized carbons (Fsp3) is 0. The van der Waals surface area contributed by atoms with Crippen LogP contribution in [0.15, 0.2) is 34.4 Å². The van der Waals surface area contributed by atoms with E-state index in [0.717, 1.165) is 0 Å². The fourth-order valence-corrected chi connectivity index (χ4v) is 1.34. The summed E-state index contributed by atoms with van der Waals surface area (Å²) < 4.78 is 8.77. The van der Waals surface area contributed by atoms with Gasteiger partial charge in [-0.15, -0.1) is 0 Å². The lowest BCUT2D eigenvalue weighted by Gasteiger charge is -1.96. The molecule has 0 bridgehead atoms. The van der Waals surface area contributed by atoms with Gasteiger partial charge in [0.2, 0.25) is 0 Å². The molecule has 1 amide bonds. The predicted molar refractivity (Wildman–Crippen MR) is 48.8 cm³/mol. The van der Waals surface area contributed by atoms with Crippen LogP contribution in [0, 0.1) is 0 Å². The molecular formula is C8H6N2O2S. The van der Waals surface area contributed by atoms with Gasteiger partial charge in [0.05, 0.1) is 18.1 Å². The first-order chi connectivity index (χ1) is 6.36. The van der Waals surface area contributed by atoms with Gasteiger partial charge in [0, 0.05) is 5.38 Å². The van der Waals surface area contributed by atoms with Crippen LogP contribution in [-0.4, -0.2) is 10.3 Å². The monoisotopic (exact) mass is 194 g/mol. The summed E-state index contributed by atoms with van der Waals surface area (Å²) >= 11 is 1.28. The smallest absolute Gasteiger partial charge is 0.291 e. The van der Waals surface area contributed by atoms with Crippen molar-refractivity contribution in [1.29, 1.82) is 0 Å². The lowest BCUT2D eigenvalue weighted by Crippen LogP contribution is -2.09. The van der Waals surface area contributed by atoms with Crippen molar-refractivity contribution in [3.8, 4) is 0 Å². The normalized spacial score (nSPS) is 9.85. The summed E-state index contributed by atoms with van der Waals surface area (Å²) in [5.41, 5.74) is 0.686. The molecular weight excluding hydrogens is 188 g/mol. The highest BCUT2D eigenvalue weighted by molar-refractivity contribution is 7.04. The van der Waals surface area contributed by atoms with Crippen LogP contribution in [0.5, 0.6) is 0 Å². The quantitative estimate of drug-likeness (QED) is 0.795. The van der Waals surface area contributed by atoms with Crippen LogP contribution in [0.4, 0.5) is 5.69 Å². The summed E-state index contributed by atoms with van der Waals surface area (Å²) in [7, 11) is 0. The zero-order valence-corrected chi connectivity index (χ0v) is 7.38. The van der Waals surface area contributed by atoms with Gasteiger partial charge in [-0.2, -0.15) is 4.37 Å². The third kappa shape index (κ3) is 1.75. The second kappa shape index (κ2) is 3.40. The number of hydrogen-bond donors (Lipinski definition) is 1. The first-order valence-electron chi connectivity index (χ1n) is 3.60. The van der Waals surface area contributed by atoms with E-state index in [4.69, 9.17) is 4.42 Å². The minimum absolute atomic E-state index is 0.259. The summed E-state index contributed by atoms with van der Waals surface area (Å²) in [6.45, 7) is 0. The highest BCUT2D eigenvalue weighted by atomic mass is 32.1. The molecule has 4 nitrogen and oxygen atoms in total. The zero-order chi connectivity index (χ0) is 9.10. The van der Waals surface area contributed by atoms with Crippen molar-refractivity contribution in [3.05, 3.63) is 35.7 Å². The second-order valence-electron chi connectivity index (χ2n) is 2.34. The topological polar surface area (TPSA) is 55.1 Å². The molecule has 1 N–H and O–H groups in total. The van der Waals surface area contributed by atoms with Gasteiger partial charge in [0.25, 0.3) is 5.91 Å². The van der Waals surface area contributed by atoms with E-state index < -0.39 is 0 Å². The molecule has 0 saturated heterocycles. The average molecular weight is 194 g/mol. The third-order valence-electron chi connectivity index (χ3n) is 1.44. The molecule has 0 aromatic carbocycles. The van der Waals surface area contributed by atoms with Crippen molar-refractivity contribution in [3.63, 3.8) is 0 Å². The lowest BCUT2D eigenvalue weighted by atomic mass is 10.4. The Labute approximate surface area is 78.4 Å². The molecule has 0 aliphatic heterocycles. The molecule has 0 saturated carbocycles. The Hall–Kier alpha value is -1.62. The molecule has 0 fully saturated rings. The van der Waals surface area contributed by atoms with E-state index >= 15 is 0 Å². The van der Waals surface area contributed by atoms with Gasteiger partial charge in [0.1, 0.15) is 0 Å². The number of amides is 1. The van der Waals surface area contributed by atoms with E-state index in [2.05, 4.69) is 9.69 Å². The van der Waals surface area contributed by atoms with Gasteiger partial charge in [0.15, 0.2) is 5.76 Å². The maximum absolute atomic E-state index is 11.3. The average Bonchev–Trinajstić information content (AvgIpc) is 2.74. The molecule has 2 heterocycles. The number of anilines is 1. The molecule has 5 heteroatoms. The Kier molecular flexibility index (Phi) is 2.09. The summed E-state index contributed by atoms with van der Waals surface area (Å²) in [5, 5.41) is 4.39. The number of nitrogens with one attached hydrogen (secondary N) is 1. The molecule has 66 valence electrons. The summed E-state index contributed by atoms with van der Waals surface area (Å²) in [4.78, 5) is 11.3. The molecule has 2 aromatic rings. The Bertz CT molecular complexity index is 380. The molecule has 0 spiro atoms. The van der Waals surface area contributed by atoms with Crippen LogP contribution >= 0.6 is 11.5 Å². The highest BCUT2D eigenvalue weighted by Crippen LogP contribution is 2.10. The number of carbonyl (C=O) groups is 1. The largest absolute Gasteiger partial charge is 0.459 e. The highest BCUT2D eigenvalue weighted by Gasteiger charge is 2.08. The molecule has 0 atom stereocenters. The van der Waals surface area contributed by atoms with Crippen LogP contribution in [0.25, 0.3) is 0 Å². The van der Waals surface area contributed by atoms with Crippen LogP contribution < -0.4 is 5.32 Å². The van der Waals surface area contributed by atoms with Gasteiger partial charge in [-0.25, -0.2) is 0 Å². The van der Waals surface area contributed by atoms with Gasteiger partial charge in [-0.3, -0.25) is 4.79 Å². The number of carbonyl (C=O) groups excluding carboxylic acids is 1. The number of aromatic nitrogens is 1. The summed E-state index contributed by atoms with van der Waals surface area (Å²) in [5.74, 6) is 0.0383. The van der Waals surface area contributed by atoms with Crippen molar-refractivity contribution < 1.29 is 9.21 Å². The number of hydrogen-bond acceptors (Lipinski definition) is 4. The lowest BCUT2D eigenvalue weighted by molar-refractivity contribution is 0.0996. The Balaban J connectivity index is 2.08. The summed E-state index contributed by atoms with van der Waals surface area (Å²) in [6.07, 6.45) is 3.05. The second-order valence-corrected chi connectivity index (χ2v) is 3.00. The van der Waals surface area contributed by atoms with E-state index in [1.165, 1.54) is 17.8 Å². The van der Waals surface area contributed by atoms with E-state index in [-0.39, 0.29) is 5.91 Å². The number of rotatable bonds is 2. The first-order valence-corrected chi connectivity index (χ1v) is 4.44. The van der Waals surface area contributed by atoms with Crippen LogP contribution in [0.2, 0.25) is 0 Å². The third-order valence-corrected chi connectivity index (χ3v) is 2.02. The Morgan fingerprint density at radius 2 is 2.54 bits per heavy atom. The van der Waals surface area contributed by atoms with Gasteiger partial charge < -0.3 is 9.73 Å². The fourth-order valence-electron chi connectivity index (χ4n) is 0.867. The number of nitrogens with zero attached hydrogens (tertiary/aromatic N) is 1. The summed E-state index contributed by atoms with van der Waals surface area (Å²) in [6, 6.07) is 3.27. The Morgan fingerprint density at radius 3 is 3.15 bits per heavy atom. The van der Waals surface area contributed by atoms with Gasteiger partial charge >= 0.3 is 0 Å². The maximum atomic E-state index is 11.3. The van der Waals surface area contributed by atoms with E-state index in [1.54, 1.807) is 23.7 Å². The zero-order valence-electron chi connectivity index (χ0n) is 6.56.